The topological polar surface area (TPSA) is 54.1 Å². The number of aromatic nitrogens is 1. The summed E-state index contributed by atoms with van der Waals surface area (Å²) in [5, 5.41) is 3.79. The molecular formula is C15H13Cl3N2O2. The van der Waals surface area contributed by atoms with Crippen molar-refractivity contribution >= 4 is 46.8 Å². The first-order valence-corrected chi connectivity index (χ1v) is 7.55. The van der Waals surface area contributed by atoms with Gasteiger partial charge >= 0.3 is 0 Å². The van der Waals surface area contributed by atoms with E-state index in [0.717, 1.165) is 5.56 Å². The first kappa shape index (κ1) is 16.7. The quantitative estimate of drug-likeness (QED) is 0.600. The van der Waals surface area contributed by atoms with Gasteiger partial charge in [-0.05, 0) is 29.8 Å². The molecular weight excluding hydrogens is 347 g/mol. The smallest absolute Gasteiger partial charge is 0.244 e. The number of amides is 1. The SMILES string of the molecule is O=C(C=Cc1cc[nH]c1)NCCOc1c(Cl)cc(Cl)cc1Cl. The summed E-state index contributed by atoms with van der Waals surface area (Å²) in [7, 11) is 0. The van der Waals surface area contributed by atoms with Crippen LogP contribution in [0.3, 0.4) is 0 Å². The molecule has 0 aliphatic rings. The van der Waals surface area contributed by atoms with Gasteiger partial charge in [0.1, 0.15) is 6.61 Å². The van der Waals surface area contributed by atoms with E-state index >= 15 is 0 Å². The van der Waals surface area contributed by atoms with Crippen LogP contribution in [0.2, 0.25) is 15.1 Å². The molecule has 0 saturated carbocycles. The molecule has 0 spiro atoms. The Balaban J connectivity index is 1.76. The van der Waals surface area contributed by atoms with E-state index in [1.54, 1.807) is 30.6 Å². The molecule has 0 bridgehead atoms. The monoisotopic (exact) mass is 358 g/mol. The highest BCUT2D eigenvalue weighted by atomic mass is 35.5. The summed E-state index contributed by atoms with van der Waals surface area (Å²) in [4.78, 5) is 14.5. The van der Waals surface area contributed by atoms with Gasteiger partial charge in [-0.3, -0.25) is 4.79 Å². The molecule has 0 atom stereocenters. The fraction of sp³-hybridized carbons (Fsp3) is 0.133. The number of carbonyl (C=O) groups excluding carboxylic acids is 1. The lowest BCUT2D eigenvalue weighted by molar-refractivity contribution is -0.116. The van der Waals surface area contributed by atoms with E-state index in [-0.39, 0.29) is 12.5 Å². The molecule has 1 amide bonds. The molecule has 7 heteroatoms. The molecule has 4 nitrogen and oxygen atoms in total. The van der Waals surface area contributed by atoms with E-state index in [0.29, 0.717) is 27.4 Å². The van der Waals surface area contributed by atoms with Gasteiger partial charge in [0.15, 0.2) is 5.75 Å². The van der Waals surface area contributed by atoms with E-state index in [1.165, 1.54) is 6.08 Å². The Morgan fingerprint density at radius 1 is 1.27 bits per heavy atom. The van der Waals surface area contributed by atoms with Gasteiger partial charge in [-0.25, -0.2) is 0 Å². The maximum absolute atomic E-state index is 11.6. The molecule has 0 saturated heterocycles. The summed E-state index contributed by atoms with van der Waals surface area (Å²) in [6.07, 6.45) is 6.73. The van der Waals surface area contributed by atoms with Crippen LogP contribution in [0.5, 0.6) is 5.75 Å². The summed E-state index contributed by atoms with van der Waals surface area (Å²) < 4.78 is 5.46. The van der Waals surface area contributed by atoms with E-state index in [1.807, 2.05) is 6.07 Å². The Hall–Kier alpha value is -1.62. The molecule has 2 rings (SSSR count). The molecule has 0 aliphatic carbocycles. The lowest BCUT2D eigenvalue weighted by Crippen LogP contribution is -2.26. The summed E-state index contributed by atoms with van der Waals surface area (Å²) in [6.45, 7) is 0.566. The zero-order valence-electron chi connectivity index (χ0n) is 11.4. The Bertz CT molecular complexity index is 646. The summed E-state index contributed by atoms with van der Waals surface area (Å²) in [6, 6.07) is 4.95. The number of hydrogen-bond donors (Lipinski definition) is 2. The standard InChI is InChI=1S/C15H13Cl3N2O2/c16-11-7-12(17)15(13(18)8-11)22-6-5-20-14(21)2-1-10-3-4-19-9-10/h1-4,7-9,19H,5-6H2,(H,20,21). The van der Waals surface area contributed by atoms with Gasteiger partial charge in [0.05, 0.1) is 16.6 Å². The fourth-order valence-corrected chi connectivity index (χ4v) is 2.59. The van der Waals surface area contributed by atoms with Crippen molar-refractivity contribution in [2.24, 2.45) is 0 Å². The molecule has 2 N–H and O–H groups in total. The highest BCUT2D eigenvalue weighted by molar-refractivity contribution is 6.40. The first-order chi connectivity index (χ1) is 10.6. The van der Waals surface area contributed by atoms with Crippen molar-refractivity contribution in [3.05, 3.63) is 57.3 Å². The van der Waals surface area contributed by atoms with Gasteiger partial charge in [-0.2, -0.15) is 0 Å². The van der Waals surface area contributed by atoms with Crippen molar-refractivity contribution < 1.29 is 9.53 Å². The third kappa shape index (κ3) is 4.98. The molecule has 2 aromatic rings. The first-order valence-electron chi connectivity index (χ1n) is 6.42. The molecule has 1 aromatic heterocycles. The Kier molecular flexibility index (Phi) is 6.19. The van der Waals surface area contributed by atoms with Crippen molar-refractivity contribution in [3.8, 4) is 5.75 Å². The fourth-order valence-electron chi connectivity index (χ4n) is 1.67. The second kappa shape index (κ2) is 8.13. The van der Waals surface area contributed by atoms with Crippen LogP contribution in [0.25, 0.3) is 6.08 Å². The van der Waals surface area contributed by atoms with E-state index in [4.69, 9.17) is 39.5 Å². The minimum atomic E-state index is -0.210. The van der Waals surface area contributed by atoms with Crippen LogP contribution in [-0.2, 0) is 4.79 Å². The van der Waals surface area contributed by atoms with Gasteiger partial charge in [0.2, 0.25) is 5.91 Å². The lowest BCUT2D eigenvalue weighted by Gasteiger charge is -2.10. The normalized spacial score (nSPS) is 10.9. The molecule has 0 radical (unpaired) electrons. The number of carbonyl (C=O) groups is 1. The number of ether oxygens (including phenoxy) is 1. The molecule has 116 valence electrons. The van der Waals surface area contributed by atoms with E-state index in [9.17, 15) is 4.79 Å². The number of benzene rings is 1. The van der Waals surface area contributed by atoms with Gasteiger partial charge in [-0.1, -0.05) is 34.8 Å². The molecule has 1 heterocycles. The van der Waals surface area contributed by atoms with E-state index in [2.05, 4.69) is 10.3 Å². The number of nitrogens with one attached hydrogen (secondary N) is 2. The minimum Gasteiger partial charge on any atom is -0.489 e. The van der Waals surface area contributed by atoms with Gasteiger partial charge in [-0.15, -0.1) is 0 Å². The average Bonchev–Trinajstić information content (AvgIpc) is 2.96. The van der Waals surface area contributed by atoms with Crippen molar-refractivity contribution in [1.29, 1.82) is 0 Å². The third-order valence-electron chi connectivity index (χ3n) is 2.66. The van der Waals surface area contributed by atoms with Crippen molar-refractivity contribution in [3.63, 3.8) is 0 Å². The number of halogens is 3. The summed E-state index contributed by atoms with van der Waals surface area (Å²) >= 11 is 17.8. The molecule has 1 aromatic carbocycles. The lowest BCUT2D eigenvalue weighted by atomic mass is 10.3. The minimum absolute atomic E-state index is 0.210. The predicted molar refractivity (Wildman–Crippen MR) is 89.8 cm³/mol. The largest absolute Gasteiger partial charge is 0.489 e. The van der Waals surface area contributed by atoms with Crippen LogP contribution in [0, 0.1) is 0 Å². The second-order valence-electron chi connectivity index (χ2n) is 4.32. The maximum atomic E-state index is 11.6. The van der Waals surface area contributed by atoms with Gasteiger partial charge < -0.3 is 15.0 Å². The zero-order chi connectivity index (χ0) is 15.9. The van der Waals surface area contributed by atoms with Crippen LogP contribution in [0.15, 0.2) is 36.7 Å². The van der Waals surface area contributed by atoms with Gasteiger partial charge in [0, 0.05) is 23.5 Å². The Morgan fingerprint density at radius 3 is 2.64 bits per heavy atom. The van der Waals surface area contributed by atoms with Crippen molar-refractivity contribution in [2.75, 3.05) is 13.2 Å². The Morgan fingerprint density at radius 2 is 2.00 bits per heavy atom. The van der Waals surface area contributed by atoms with Crippen LogP contribution < -0.4 is 10.1 Å². The highest BCUT2D eigenvalue weighted by Gasteiger charge is 2.09. The van der Waals surface area contributed by atoms with Crippen molar-refractivity contribution in [2.45, 2.75) is 0 Å². The maximum Gasteiger partial charge on any atom is 0.244 e. The van der Waals surface area contributed by atoms with Crippen LogP contribution in [0.1, 0.15) is 5.56 Å². The van der Waals surface area contributed by atoms with E-state index < -0.39 is 0 Å². The molecule has 0 fully saturated rings. The number of rotatable bonds is 6. The average molecular weight is 360 g/mol. The molecule has 0 unspecified atom stereocenters. The number of hydrogen-bond acceptors (Lipinski definition) is 2. The van der Waals surface area contributed by atoms with Crippen LogP contribution >= 0.6 is 34.8 Å². The predicted octanol–water partition coefficient (Wildman–Crippen LogP) is 4.18. The number of H-pyrrole nitrogens is 1. The number of aromatic amines is 1. The molecule has 0 aliphatic heterocycles. The third-order valence-corrected chi connectivity index (χ3v) is 3.44. The molecule has 22 heavy (non-hydrogen) atoms. The summed E-state index contributed by atoms with van der Waals surface area (Å²) in [5.41, 5.74) is 0.922. The van der Waals surface area contributed by atoms with Crippen LogP contribution in [-0.4, -0.2) is 24.0 Å². The van der Waals surface area contributed by atoms with Crippen LogP contribution in [0.4, 0.5) is 0 Å². The van der Waals surface area contributed by atoms with Crippen molar-refractivity contribution in [1.82, 2.24) is 10.3 Å². The summed E-state index contributed by atoms with van der Waals surface area (Å²) in [5.74, 6) is 0.142. The zero-order valence-corrected chi connectivity index (χ0v) is 13.7. The highest BCUT2D eigenvalue weighted by Crippen LogP contribution is 2.35. The second-order valence-corrected chi connectivity index (χ2v) is 5.57. The van der Waals surface area contributed by atoms with Gasteiger partial charge in [0.25, 0.3) is 0 Å². The Labute approximate surface area is 143 Å².